The van der Waals surface area contributed by atoms with Gasteiger partial charge in [-0.2, -0.15) is 0 Å². The summed E-state index contributed by atoms with van der Waals surface area (Å²) in [6.07, 6.45) is -0.324. The molecule has 7 nitrogen and oxygen atoms in total. The number of ketones is 1. The smallest absolute Gasteiger partial charge is 0.266 e. The number of nitrogens with one attached hydrogen (secondary N) is 2. The molecule has 0 aliphatic heterocycles. The molecule has 0 bridgehead atoms. The van der Waals surface area contributed by atoms with Crippen molar-refractivity contribution in [3.05, 3.63) is 137 Å². The minimum Gasteiger partial charge on any atom is -0.434 e. The molecule has 0 radical (unpaired) electrons. The second-order valence-corrected chi connectivity index (χ2v) is 11.9. The lowest BCUT2D eigenvalue weighted by Gasteiger charge is -2.22. The molecule has 4 aromatic carbocycles. The third-order valence-electron chi connectivity index (χ3n) is 7.71. The van der Waals surface area contributed by atoms with E-state index in [2.05, 4.69) is 15.6 Å². The van der Waals surface area contributed by atoms with Gasteiger partial charge in [-0.1, -0.05) is 85.8 Å². The highest BCUT2D eigenvalue weighted by molar-refractivity contribution is 7.18. The zero-order chi connectivity index (χ0) is 32.9. The molecular weight excluding hydrogens is 620 g/mol. The first-order valence-corrected chi connectivity index (χ1v) is 15.8. The molecule has 6 aromatic rings. The second-order valence-electron chi connectivity index (χ2n) is 10.8. The van der Waals surface area contributed by atoms with E-state index >= 15 is 0 Å². The van der Waals surface area contributed by atoms with Crippen molar-refractivity contribution in [2.24, 2.45) is 0 Å². The standard InChI is InChI=1S/C37H29F2N3O4S/c1-2-28(33(43)37-42-29-18-9-10-19-31(29)46-37)40-35(44)30(20-25-26(38)16-11-17-27(25)39)41-36(45)32-21-24(22-12-5-3-6-13-22)34(47-32)23-14-7-4-8-15-23/h3-19,21,28,30H,2,20H2,1H3,(H,40,44)(H,41,45)/t28-,30?/m0/s1. The number of hydrogen-bond acceptors (Lipinski definition) is 6. The van der Waals surface area contributed by atoms with E-state index in [4.69, 9.17) is 4.42 Å². The Hall–Kier alpha value is -5.48. The Bertz CT molecular complexity index is 1950. The molecule has 10 heteroatoms. The third kappa shape index (κ3) is 6.87. The molecule has 2 aromatic heterocycles. The van der Waals surface area contributed by atoms with Crippen LogP contribution in [0.1, 0.15) is 39.3 Å². The van der Waals surface area contributed by atoms with Gasteiger partial charge in [0.2, 0.25) is 11.7 Å². The predicted molar refractivity (Wildman–Crippen MR) is 177 cm³/mol. The van der Waals surface area contributed by atoms with Gasteiger partial charge in [-0.25, -0.2) is 13.8 Å². The number of halogens is 2. The molecule has 0 aliphatic carbocycles. The van der Waals surface area contributed by atoms with Gasteiger partial charge in [0, 0.05) is 22.4 Å². The molecule has 2 amide bonds. The Labute approximate surface area is 273 Å². The molecule has 0 saturated carbocycles. The normalized spacial score (nSPS) is 12.4. The lowest BCUT2D eigenvalue weighted by atomic mass is 10.0. The fourth-order valence-corrected chi connectivity index (χ4v) is 6.35. The summed E-state index contributed by atoms with van der Waals surface area (Å²) in [7, 11) is 0. The SMILES string of the molecule is CC[C@H](NC(=O)C(Cc1c(F)cccc1F)NC(=O)c1cc(-c2ccccc2)c(-c2ccccc2)s1)C(=O)c1nc2ccccc2o1. The first kappa shape index (κ1) is 31.5. The molecule has 2 N–H and O–H groups in total. The topological polar surface area (TPSA) is 101 Å². The Morgan fingerprint density at radius 2 is 1.43 bits per heavy atom. The molecule has 6 rings (SSSR count). The van der Waals surface area contributed by atoms with Crippen molar-refractivity contribution in [1.29, 1.82) is 0 Å². The van der Waals surface area contributed by atoms with Crippen LogP contribution in [0.25, 0.3) is 32.7 Å². The summed E-state index contributed by atoms with van der Waals surface area (Å²) in [6.45, 7) is 1.69. The monoisotopic (exact) mass is 649 g/mol. The van der Waals surface area contributed by atoms with Crippen molar-refractivity contribution in [3.8, 4) is 21.6 Å². The van der Waals surface area contributed by atoms with Gasteiger partial charge in [0.05, 0.1) is 10.9 Å². The van der Waals surface area contributed by atoms with Crippen LogP contribution in [0, 0.1) is 11.6 Å². The Balaban J connectivity index is 1.30. The number of aromatic nitrogens is 1. The molecule has 2 atom stereocenters. The quantitative estimate of drug-likeness (QED) is 0.141. The molecule has 0 spiro atoms. The number of benzene rings is 4. The van der Waals surface area contributed by atoms with Crippen molar-refractivity contribution in [2.75, 3.05) is 0 Å². The van der Waals surface area contributed by atoms with Crippen LogP contribution in [0.3, 0.4) is 0 Å². The summed E-state index contributed by atoms with van der Waals surface area (Å²) in [5.74, 6) is -3.87. The predicted octanol–water partition coefficient (Wildman–Crippen LogP) is 7.62. The minimum absolute atomic E-state index is 0.170. The van der Waals surface area contributed by atoms with E-state index in [1.807, 2.05) is 60.7 Å². The number of hydrogen-bond donors (Lipinski definition) is 2. The summed E-state index contributed by atoms with van der Waals surface area (Å²) in [5, 5.41) is 5.33. The highest BCUT2D eigenvalue weighted by Crippen LogP contribution is 2.39. The summed E-state index contributed by atoms with van der Waals surface area (Å²) in [5.41, 5.74) is 3.15. The minimum atomic E-state index is -1.43. The van der Waals surface area contributed by atoms with Gasteiger partial charge in [-0.3, -0.25) is 14.4 Å². The molecule has 0 aliphatic rings. The van der Waals surface area contributed by atoms with Crippen LogP contribution in [0.5, 0.6) is 0 Å². The average molecular weight is 650 g/mol. The van der Waals surface area contributed by atoms with Crippen molar-refractivity contribution in [3.63, 3.8) is 0 Å². The zero-order valence-electron chi connectivity index (χ0n) is 25.2. The molecule has 1 unspecified atom stereocenters. The molecule has 0 saturated heterocycles. The van der Waals surface area contributed by atoms with E-state index in [0.29, 0.717) is 16.0 Å². The largest absolute Gasteiger partial charge is 0.434 e. The Morgan fingerprint density at radius 3 is 2.09 bits per heavy atom. The molecule has 0 fully saturated rings. The van der Waals surface area contributed by atoms with Gasteiger partial charge >= 0.3 is 0 Å². The number of para-hydroxylation sites is 2. The lowest BCUT2D eigenvalue weighted by molar-refractivity contribution is -0.123. The van der Waals surface area contributed by atoms with E-state index in [0.717, 1.165) is 33.7 Å². The van der Waals surface area contributed by atoms with Crippen LogP contribution in [0.4, 0.5) is 8.78 Å². The maximum atomic E-state index is 14.8. The number of carbonyl (C=O) groups is 3. The number of rotatable bonds is 11. The molecular formula is C37H29F2N3O4S. The number of oxazole rings is 1. The van der Waals surface area contributed by atoms with Gasteiger partial charge in [0.25, 0.3) is 11.8 Å². The highest BCUT2D eigenvalue weighted by atomic mass is 32.1. The number of fused-ring (bicyclic) bond motifs is 1. The van der Waals surface area contributed by atoms with Crippen LogP contribution in [-0.2, 0) is 11.2 Å². The van der Waals surface area contributed by atoms with Crippen LogP contribution >= 0.6 is 11.3 Å². The second kappa shape index (κ2) is 13.9. The highest BCUT2D eigenvalue weighted by Gasteiger charge is 2.31. The fraction of sp³-hybridized carbons (Fsp3) is 0.135. The van der Waals surface area contributed by atoms with Crippen molar-refractivity contribution in [2.45, 2.75) is 31.8 Å². The molecule has 2 heterocycles. The van der Waals surface area contributed by atoms with E-state index in [9.17, 15) is 23.2 Å². The summed E-state index contributed by atoms with van der Waals surface area (Å²) < 4.78 is 35.2. The Kier molecular flexibility index (Phi) is 9.30. The van der Waals surface area contributed by atoms with Gasteiger partial charge in [0.1, 0.15) is 23.2 Å². The first-order chi connectivity index (χ1) is 22.8. The van der Waals surface area contributed by atoms with Gasteiger partial charge < -0.3 is 15.1 Å². The van der Waals surface area contributed by atoms with Crippen LogP contribution in [-0.4, -0.2) is 34.7 Å². The summed E-state index contributed by atoms with van der Waals surface area (Å²) >= 11 is 1.24. The van der Waals surface area contributed by atoms with E-state index < -0.39 is 47.7 Å². The number of thiophene rings is 1. The zero-order valence-corrected chi connectivity index (χ0v) is 26.0. The van der Waals surface area contributed by atoms with Crippen LogP contribution in [0.2, 0.25) is 0 Å². The van der Waals surface area contributed by atoms with Gasteiger partial charge in [-0.05, 0) is 47.9 Å². The van der Waals surface area contributed by atoms with E-state index in [-0.39, 0.29) is 17.9 Å². The average Bonchev–Trinajstić information content (AvgIpc) is 3.74. The molecule has 236 valence electrons. The number of amides is 2. The fourth-order valence-electron chi connectivity index (χ4n) is 5.26. The maximum Gasteiger partial charge on any atom is 0.266 e. The lowest BCUT2D eigenvalue weighted by Crippen LogP contribution is -2.52. The van der Waals surface area contributed by atoms with Gasteiger partial charge in [0.15, 0.2) is 5.58 Å². The third-order valence-corrected chi connectivity index (χ3v) is 8.90. The van der Waals surface area contributed by atoms with Gasteiger partial charge in [-0.15, -0.1) is 11.3 Å². The maximum absolute atomic E-state index is 14.8. The number of carbonyl (C=O) groups excluding carboxylic acids is 3. The first-order valence-electron chi connectivity index (χ1n) is 15.0. The Morgan fingerprint density at radius 1 is 0.787 bits per heavy atom. The summed E-state index contributed by atoms with van der Waals surface area (Å²) in [6, 6.07) is 28.6. The van der Waals surface area contributed by atoms with Crippen molar-refractivity contribution in [1.82, 2.24) is 15.6 Å². The van der Waals surface area contributed by atoms with E-state index in [1.54, 1.807) is 37.3 Å². The van der Waals surface area contributed by atoms with E-state index in [1.165, 1.54) is 17.4 Å². The summed E-state index contributed by atoms with van der Waals surface area (Å²) in [4.78, 5) is 46.3. The number of nitrogens with zero attached hydrogens (tertiary/aromatic N) is 1. The number of Topliss-reactive ketones (excluding diaryl/α,β-unsaturated/α-hetero) is 1. The van der Waals surface area contributed by atoms with Crippen LogP contribution < -0.4 is 10.6 Å². The van der Waals surface area contributed by atoms with Crippen LogP contribution in [0.15, 0.2) is 114 Å². The van der Waals surface area contributed by atoms with Crippen molar-refractivity contribution < 1.29 is 27.6 Å². The van der Waals surface area contributed by atoms with Crippen molar-refractivity contribution >= 4 is 40.0 Å². The molecule has 47 heavy (non-hydrogen) atoms.